The Hall–Kier alpha value is -5.69. The van der Waals surface area contributed by atoms with E-state index in [1.165, 1.54) is 18.0 Å². The van der Waals surface area contributed by atoms with Gasteiger partial charge in [0.1, 0.15) is 11.5 Å². The second-order valence-corrected chi connectivity index (χ2v) is 10.8. The molecule has 0 spiro atoms. The molecule has 45 heavy (non-hydrogen) atoms. The van der Waals surface area contributed by atoms with Crippen molar-refractivity contribution < 1.29 is 14.4 Å². The highest BCUT2D eigenvalue weighted by molar-refractivity contribution is 7.98. The highest BCUT2D eigenvalue weighted by Crippen LogP contribution is 2.43. The van der Waals surface area contributed by atoms with E-state index in [9.17, 15) is 10.1 Å². The molecule has 0 fully saturated rings. The molecule has 5 aromatic rings. The molecule has 1 aliphatic heterocycles. The number of nitro groups is 1. The Labute approximate surface area is 263 Å². The first kappa shape index (κ1) is 29.4. The lowest BCUT2D eigenvalue weighted by Gasteiger charge is -2.12. The van der Waals surface area contributed by atoms with Crippen LogP contribution in [0, 0.1) is 10.1 Å². The van der Waals surface area contributed by atoms with Crippen molar-refractivity contribution in [3.63, 3.8) is 0 Å². The third-order valence-electron chi connectivity index (χ3n) is 6.95. The molecule has 1 atom stereocenters. The number of para-hydroxylation sites is 1. The quantitative estimate of drug-likeness (QED) is 0.0761. The van der Waals surface area contributed by atoms with Crippen molar-refractivity contribution in [2.24, 2.45) is 4.40 Å². The van der Waals surface area contributed by atoms with Crippen LogP contribution in [0.1, 0.15) is 22.8 Å². The smallest absolute Gasteiger partial charge is 0.273 e. The molecule has 0 saturated heterocycles. The SMILES string of the molecule is COc1ccc(Nc2nc(Nc3ccc(OC)cc3)nc(Nc3ccc(C4=NSC(c5ccccc5[N+](=O)[O-])C4)cc3)n2)cc1. The first-order valence-electron chi connectivity index (χ1n) is 13.9. The lowest BCUT2D eigenvalue weighted by Crippen LogP contribution is -2.07. The Kier molecular flexibility index (Phi) is 8.69. The number of hydrogen-bond acceptors (Lipinski definition) is 12. The predicted molar refractivity (Wildman–Crippen MR) is 177 cm³/mol. The number of rotatable bonds is 11. The Morgan fingerprint density at radius 2 is 1.18 bits per heavy atom. The van der Waals surface area contributed by atoms with Crippen LogP contribution < -0.4 is 25.4 Å². The summed E-state index contributed by atoms with van der Waals surface area (Å²) in [6, 6.07) is 29.4. The molecule has 1 unspecified atom stereocenters. The van der Waals surface area contributed by atoms with Gasteiger partial charge in [-0.3, -0.25) is 10.1 Å². The van der Waals surface area contributed by atoms with Crippen molar-refractivity contribution in [3.05, 3.63) is 118 Å². The fraction of sp³-hybridized carbons (Fsp3) is 0.125. The third-order valence-corrected chi connectivity index (χ3v) is 7.95. The lowest BCUT2D eigenvalue weighted by molar-refractivity contribution is -0.385. The van der Waals surface area contributed by atoms with Gasteiger partial charge >= 0.3 is 0 Å². The number of benzene rings is 4. The maximum Gasteiger partial charge on any atom is 0.273 e. The highest BCUT2D eigenvalue weighted by atomic mass is 32.2. The van der Waals surface area contributed by atoms with Crippen molar-refractivity contribution in [1.82, 2.24) is 15.0 Å². The first-order chi connectivity index (χ1) is 22.0. The Morgan fingerprint density at radius 1 is 0.711 bits per heavy atom. The fourth-order valence-electron chi connectivity index (χ4n) is 4.67. The second-order valence-electron chi connectivity index (χ2n) is 9.87. The van der Waals surface area contributed by atoms with Crippen LogP contribution in [0.5, 0.6) is 11.5 Å². The van der Waals surface area contributed by atoms with Gasteiger partial charge in [-0.05, 0) is 78.2 Å². The lowest BCUT2D eigenvalue weighted by atomic mass is 10.0. The Morgan fingerprint density at radius 3 is 1.64 bits per heavy atom. The molecule has 1 aliphatic rings. The molecule has 4 aromatic carbocycles. The molecule has 0 bridgehead atoms. The molecule has 0 aliphatic carbocycles. The van der Waals surface area contributed by atoms with Gasteiger partial charge in [0, 0.05) is 35.1 Å². The minimum Gasteiger partial charge on any atom is -0.497 e. The van der Waals surface area contributed by atoms with E-state index >= 15 is 0 Å². The summed E-state index contributed by atoms with van der Waals surface area (Å²) in [5.74, 6) is 2.48. The minimum absolute atomic E-state index is 0.113. The molecule has 0 radical (unpaired) electrons. The van der Waals surface area contributed by atoms with Crippen LogP contribution >= 0.6 is 11.9 Å². The first-order valence-corrected chi connectivity index (χ1v) is 14.7. The van der Waals surface area contributed by atoms with E-state index in [0.29, 0.717) is 29.8 Å². The summed E-state index contributed by atoms with van der Waals surface area (Å²) in [6.45, 7) is 0. The molecular weight excluding hydrogens is 592 g/mol. The predicted octanol–water partition coefficient (Wildman–Crippen LogP) is 7.61. The average Bonchev–Trinajstić information content (AvgIpc) is 3.56. The molecule has 0 saturated carbocycles. The van der Waals surface area contributed by atoms with Gasteiger partial charge in [0.15, 0.2) is 0 Å². The molecule has 3 N–H and O–H groups in total. The number of aromatic nitrogens is 3. The van der Waals surface area contributed by atoms with Gasteiger partial charge < -0.3 is 25.4 Å². The largest absolute Gasteiger partial charge is 0.497 e. The maximum atomic E-state index is 11.5. The monoisotopic (exact) mass is 620 g/mol. The summed E-state index contributed by atoms with van der Waals surface area (Å²) in [5.41, 5.74) is 4.93. The third kappa shape index (κ3) is 7.11. The van der Waals surface area contributed by atoms with E-state index < -0.39 is 0 Å². The number of nitrogens with zero attached hydrogens (tertiary/aromatic N) is 5. The minimum atomic E-state index is -0.342. The van der Waals surface area contributed by atoms with Crippen LogP contribution in [0.25, 0.3) is 0 Å². The van der Waals surface area contributed by atoms with Crippen LogP contribution in [0.2, 0.25) is 0 Å². The molecule has 13 heteroatoms. The number of hydrogen-bond donors (Lipinski definition) is 3. The number of ether oxygens (including phenoxy) is 2. The van der Waals surface area contributed by atoms with E-state index in [4.69, 9.17) is 9.47 Å². The van der Waals surface area contributed by atoms with Gasteiger partial charge in [-0.1, -0.05) is 30.3 Å². The Balaban J connectivity index is 1.19. The molecule has 226 valence electrons. The standard InChI is InChI=1S/C32H28N8O4S/c1-43-24-15-11-22(12-16-24)34-31-36-30(37-32(38-31)35-23-13-17-25(44-2)18-14-23)33-21-9-7-20(8-10-21)27-19-29(45-39-27)26-5-3-4-6-28(26)40(41)42/h3-18,29H,19H2,1-2H3,(H3,33,34,35,36,37,38). The van der Waals surface area contributed by atoms with Crippen molar-refractivity contribution >= 4 is 58.3 Å². The van der Waals surface area contributed by atoms with Crippen molar-refractivity contribution in [2.45, 2.75) is 11.7 Å². The van der Waals surface area contributed by atoms with Crippen molar-refractivity contribution in [3.8, 4) is 11.5 Å². The Bertz CT molecular complexity index is 1770. The summed E-state index contributed by atoms with van der Waals surface area (Å²) >= 11 is 1.36. The molecule has 6 rings (SSSR count). The number of anilines is 6. The van der Waals surface area contributed by atoms with Gasteiger partial charge in [0.2, 0.25) is 17.8 Å². The van der Waals surface area contributed by atoms with Gasteiger partial charge in [0.05, 0.1) is 30.1 Å². The van der Waals surface area contributed by atoms with Gasteiger partial charge in [0.25, 0.3) is 5.69 Å². The molecular formula is C32H28N8O4S. The summed E-state index contributed by atoms with van der Waals surface area (Å²) < 4.78 is 15.1. The van der Waals surface area contributed by atoms with Crippen molar-refractivity contribution in [1.29, 1.82) is 0 Å². The van der Waals surface area contributed by atoms with Crippen LogP contribution in [-0.2, 0) is 0 Å². The van der Waals surface area contributed by atoms with Crippen LogP contribution in [0.4, 0.5) is 40.6 Å². The zero-order valence-corrected chi connectivity index (χ0v) is 25.1. The summed E-state index contributed by atoms with van der Waals surface area (Å²) in [6.07, 6.45) is 0.594. The maximum absolute atomic E-state index is 11.5. The number of nitrogens with one attached hydrogen (secondary N) is 3. The zero-order valence-electron chi connectivity index (χ0n) is 24.3. The number of methoxy groups -OCH3 is 2. The summed E-state index contributed by atoms with van der Waals surface area (Å²) in [4.78, 5) is 24.9. The molecule has 2 heterocycles. The molecule has 0 amide bonds. The second kappa shape index (κ2) is 13.3. The van der Waals surface area contributed by atoms with E-state index in [-0.39, 0.29) is 15.9 Å². The summed E-state index contributed by atoms with van der Waals surface area (Å²) in [7, 11) is 3.23. The zero-order chi connectivity index (χ0) is 31.2. The van der Waals surface area contributed by atoms with Gasteiger partial charge in [-0.15, -0.1) is 0 Å². The van der Waals surface area contributed by atoms with E-state index in [0.717, 1.165) is 39.8 Å². The normalized spacial score (nSPS) is 13.9. The van der Waals surface area contributed by atoms with Crippen LogP contribution in [0.3, 0.4) is 0 Å². The topological polar surface area (TPSA) is 149 Å². The fourth-order valence-corrected chi connectivity index (χ4v) is 5.65. The van der Waals surface area contributed by atoms with E-state index in [2.05, 4.69) is 35.3 Å². The van der Waals surface area contributed by atoms with E-state index in [1.807, 2.05) is 78.9 Å². The van der Waals surface area contributed by atoms with Crippen LogP contribution in [-0.4, -0.2) is 39.8 Å². The number of nitro benzene ring substituents is 1. The molecule has 1 aromatic heterocycles. The molecule has 12 nitrogen and oxygen atoms in total. The van der Waals surface area contributed by atoms with E-state index in [1.54, 1.807) is 26.4 Å². The van der Waals surface area contributed by atoms with Gasteiger partial charge in [-0.2, -0.15) is 15.0 Å². The summed E-state index contributed by atoms with van der Waals surface area (Å²) in [5, 5.41) is 21.1. The average molecular weight is 621 g/mol. The van der Waals surface area contributed by atoms with Crippen LogP contribution in [0.15, 0.2) is 101 Å². The highest BCUT2D eigenvalue weighted by Gasteiger charge is 2.28. The van der Waals surface area contributed by atoms with Crippen molar-refractivity contribution in [2.75, 3.05) is 30.2 Å². The van der Waals surface area contributed by atoms with Gasteiger partial charge in [-0.25, -0.2) is 4.40 Å².